The van der Waals surface area contributed by atoms with Gasteiger partial charge in [-0.2, -0.15) is 0 Å². The Hall–Kier alpha value is -5.48. The summed E-state index contributed by atoms with van der Waals surface area (Å²) in [6.07, 6.45) is 0. The third kappa shape index (κ3) is 4.28. The highest BCUT2D eigenvalue weighted by Crippen LogP contribution is 2.45. The number of nitrogens with zero attached hydrogens (tertiary/aromatic N) is 1. The smallest absolute Gasteiger partial charge is 0.0468 e. The standard InChI is InChI=1S/C44H27NS2/c1-2-10-31(11-3-1)45(32-21-23-41-38(26-32)36-13-6-7-15-40(36)46-41)33-22-24-42-39(27-33)44-35(14-8-16-43(44)47-42)30-20-19-29-18-17-28-9-4-5-12-34(28)37(29)25-30/h1-27H. The Kier molecular flexibility index (Phi) is 5.98. The number of benzene rings is 8. The molecule has 0 unspecified atom stereocenters. The molecule has 1 nitrogen and oxygen atoms in total. The summed E-state index contributed by atoms with van der Waals surface area (Å²) >= 11 is 3.74. The Balaban J connectivity index is 1.19. The van der Waals surface area contributed by atoms with E-state index < -0.39 is 0 Å². The third-order valence-electron chi connectivity index (χ3n) is 9.43. The molecule has 3 heteroatoms. The molecule has 0 radical (unpaired) electrons. The van der Waals surface area contributed by atoms with Crippen molar-refractivity contribution in [2.75, 3.05) is 4.90 Å². The Morgan fingerprint density at radius 3 is 1.81 bits per heavy atom. The molecule has 8 aromatic carbocycles. The third-order valence-corrected chi connectivity index (χ3v) is 11.7. The zero-order chi connectivity index (χ0) is 30.9. The first-order valence-electron chi connectivity index (χ1n) is 15.9. The van der Waals surface area contributed by atoms with Crippen LogP contribution in [0.4, 0.5) is 17.1 Å². The average Bonchev–Trinajstić information content (AvgIpc) is 3.70. The number of rotatable bonds is 4. The highest BCUT2D eigenvalue weighted by molar-refractivity contribution is 7.26. The fraction of sp³-hybridized carbons (Fsp3) is 0. The SMILES string of the molecule is c1ccc(N(c2ccc3sc4ccccc4c3c2)c2ccc3sc4cccc(-c5ccc6ccc7ccccc7c6c5)c4c3c2)cc1. The first kappa shape index (κ1) is 26.7. The average molecular weight is 634 g/mol. The zero-order valence-corrected chi connectivity index (χ0v) is 27.0. The van der Waals surface area contributed by atoms with Gasteiger partial charge in [0.15, 0.2) is 0 Å². The summed E-state index contributed by atoms with van der Waals surface area (Å²) < 4.78 is 5.25. The number of hydrogen-bond donors (Lipinski definition) is 0. The van der Waals surface area contributed by atoms with Gasteiger partial charge in [0.1, 0.15) is 0 Å². The Morgan fingerprint density at radius 1 is 0.340 bits per heavy atom. The van der Waals surface area contributed by atoms with E-state index in [-0.39, 0.29) is 0 Å². The van der Waals surface area contributed by atoms with Gasteiger partial charge < -0.3 is 4.90 Å². The molecule has 0 aliphatic rings. The molecule has 0 N–H and O–H groups in total. The van der Waals surface area contributed by atoms with Crippen molar-refractivity contribution in [3.05, 3.63) is 164 Å². The van der Waals surface area contributed by atoms with E-state index in [1.54, 1.807) is 0 Å². The Bertz CT molecular complexity index is 2810. The lowest BCUT2D eigenvalue weighted by atomic mass is 9.95. The van der Waals surface area contributed by atoms with Gasteiger partial charge in [-0.05, 0) is 99.4 Å². The van der Waals surface area contributed by atoms with Crippen LogP contribution >= 0.6 is 22.7 Å². The summed E-state index contributed by atoms with van der Waals surface area (Å²) in [5.74, 6) is 0. The molecular weight excluding hydrogens is 607 g/mol. The van der Waals surface area contributed by atoms with E-state index in [9.17, 15) is 0 Å². The van der Waals surface area contributed by atoms with Gasteiger partial charge >= 0.3 is 0 Å². The second kappa shape index (κ2) is 10.5. The highest BCUT2D eigenvalue weighted by Gasteiger charge is 2.18. The normalized spacial score (nSPS) is 11.8. The van der Waals surface area contributed by atoms with Crippen LogP contribution in [0.25, 0.3) is 73.0 Å². The van der Waals surface area contributed by atoms with Crippen molar-refractivity contribution < 1.29 is 0 Å². The fourth-order valence-electron chi connectivity index (χ4n) is 7.24. The molecule has 0 spiro atoms. The number of para-hydroxylation sites is 1. The van der Waals surface area contributed by atoms with Crippen LogP contribution in [-0.2, 0) is 0 Å². The summed E-state index contributed by atoms with van der Waals surface area (Å²) in [6.45, 7) is 0. The number of hydrogen-bond acceptors (Lipinski definition) is 3. The molecule has 47 heavy (non-hydrogen) atoms. The summed E-state index contributed by atoms with van der Waals surface area (Å²) in [6, 6.07) is 60.3. The maximum atomic E-state index is 2.40. The van der Waals surface area contributed by atoms with Crippen LogP contribution in [-0.4, -0.2) is 0 Å². The maximum Gasteiger partial charge on any atom is 0.0468 e. The van der Waals surface area contributed by atoms with Crippen molar-refractivity contribution in [1.29, 1.82) is 0 Å². The van der Waals surface area contributed by atoms with Crippen molar-refractivity contribution in [1.82, 2.24) is 0 Å². The van der Waals surface area contributed by atoms with Gasteiger partial charge in [-0.15, -0.1) is 22.7 Å². The van der Waals surface area contributed by atoms with Gasteiger partial charge in [0.05, 0.1) is 0 Å². The minimum Gasteiger partial charge on any atom is -0.310 e. The lowest BCUT2D eigenvalue weighted by Crippen LogP contribution is -2.09. The largest absolute Gasteiger partial charge is 0.310 e. The molecule has 0 amide bonds. The molecule has 10 rings (SSSR count). The predicted molar refractivity (Wildman–Crippen MR) is 207 cm³/mol. The molecule has 0 bridgehead atoms. The van der Waals surface area contributed by atoms with E-state index in [0.717, 1.165) is 17.1 Å². The van der Waals surface area contributed by atoms with Crippen LogP contribution in [0.15, 0.2) is 164 Å². The molecule has 0 aliphatic heterocycles. The summed E-state index contributed by atoms with van der Waals surface area (Å²) in [7, 11) is 0. The predicted octanol–water partition coefficient (Wildman–Crippen LogP) is 13.9. The second-order valence-electron chi connectivity index (χ2n) is 12.1. The highest BCUT2D eigenvalue weighted by atomic mass is 32.1. The van der Waals surface area contributed by atoms with Crippen LogP contribution in [0, 0.1) is 0 Å². The van der Waals surface area contributed by atoms with Gasteiger partial charge in [0, 0.05) is 57.4 Å². The topological polar surface area (TPSA) is 3.24 Å². The summed E-state index contributed by atoms with van der Waals surface area (Å²) in [5.41, 5.74) is 5.98. The molecule has 220 valence electrons. The molecule has 10 aromatic rings. The fourth-order valence-corrected chi connectivity index (χ4v) is 9.44. The second-order valence-corrected chi connectivity index (χ2v) is 14.3. The maximum absolute atomic E-state index is 2.40. The number of anilines is 3. The summed E-state index contributed by atoms with van der Waals surface area (Å²) in [5, 5.41) is 10.4. The molecule has 0 saturated carbocycles. The van der Waals surface area contributed by atoms with Crippen LogP contribution in [0.2, 0.25) is 0 Å². The number of thiophene rings is 2. The van der Waals surface area contributed by atoms with Crippen molar-refractivity contribution in [3.8, 4) is 11.1 Å². The van der Waals surface area contributed by atoms with E-state index in [1.165, 1.54) is 73.0 Å². The quantitative estimate of drug-likeness (QED) is 0.174. The lowest BCUT2D eigenvalue weighted by molar-refractivity contribution is 1.30. The van der Waals surface area contributed by atoms with Crippen molar-refractivity contribution in [3.63, 3.8) is 0 Å². The monoisotopic (exact) mass is 633 g/mol. The van der Waals surface area contributed by atoms with Crippen molar-refractivity contribution >= 4 is 102 Å². The Morgan fingerprint density at radius 2 is 0.957 bits per heavy atom. The molecule has 0 atom stereocenters. The molecule has 0 fully saturated rings. The van der Waals surface area contributed by atoms with E-state index in [0.29, 0.717) is 0 Å². The molecule has 2 heterocycles. The van der Waals surface area contributed by atoms with E-state index in [4.69, 9.17) is 0 Å². The van der Waals surface area contributed by atoms with Gasteiger partial charge in [-0.3, -0.25) is 0 Å². The lowest BCUT2D eigenvalue weighted by Gasteiger charge is -2.25. The molecule has 2 aromatic heterocycles. The van der Waals surface area contributed by atoms with Crippen LogP contribution in [0.3, 0.4) is 0 Å². The van der Waals surface area contributed by atoms with Gasteiger partial charge in [-0.25, -0.2) is 0 Å². The minimum absolute atomic E-state index is 1.15. The minimum atomic E-state index is 1.15. The first-order chi connectivity index (χ1) is 23.3. The van der Waals surface area contributed by atoms with Gasteiger partial charge in [0.25, 0.3) is 0 Å². The van der Waals surface area contributed by atoms with Crippen molar-refractivity contribution in [2.45, 2.75) is 0 Å². The van der Waals surface area contributed by atoms with Crippen LogP contribution in [0.1, 0.15) is 0 Å². The number of fused-ring (bicyclic) bond motifs is 9. The molecular formula is C44H27NS2. The van der Waals surface area contributed by atoms with Crippen LogP contribution < -0.4 is 4.90 Å². The summed E-state index contributed by atoms with van der Waals surface area (Å²) in [4.78, 5) is 2.40. The van der Waals surface area contributed by atoms with E-state index >= 15 is 0 Å². The van der Waals surface area contributed by atoms with Crippen LogP contribution in [0.5, 0.6) is 0 Å². The Labute approximate surface area is 280 Å². The first-order valence-corrected chi connectivity index (χ1v) is 17.6. The zero-order valence-electron chi connectivity index (χ0n) is 25.4. The van der Waals surface area contributed by atoms with E-state index in [2.05, 4.69) is 169 Å². The van der Waals surface area contributed by atoms with Crippen molar-refractivity contribution in [2.24, 2.45) is 0 Å². The molecule has 0 saturated heterocycles. The van der Waals surface area contributed by atoms with Gasteiger partial charge in [-0.1, -0.05) is 97.1 Å². The molecule has 0 aliphatic carbocycles. The van der Waals surface area contributed by atoms with E-state index in [1.807, 2.05) is 22.7 Å². The van der Waals surface area contributed by atoms with Gasteiger partial charge in [0.2, 0.25) is 0 Å².